The monoisotopic (exact) mass is 451 g/mol. The van der Waals surface area contributed by atoms with Gasteiger partial charge in [-0.1, -0.05) is 55.6 Å². The van der Waals surface area contributed by atoms with Crippen molar-refractivity contribution < 1.29 is 4.79 Å². The standard InChI is InChI=1S/C24H29N5O2S/c30-20(25-17-10-4-1-5-11-17)16-32-24-26-22-21(19-14-8-3-9-15-28(19)24)23(31)29(27-22)18-12-6-2-7-13-18/h2,6-7,12-13,17H,1,3-5,8-11,14-16H2,(H,25,30). The largest absolute Gasteiger partial charge is 0.353 e. The molecule has 1 aromatic carbocycles. The van der Waals surface area contributed by atoms with Crippen molar-refractivity contribution in [3.63, 3.8) is 0 Å². The average molecular weight is 452 g/mol. The lowest BCUT2D eigenvalue weighted by molar-refractivity contribution is -0.119. The third-order valence-corrected chi connectivity index (χ3v) is 7.45. The SMILES string of the molecule is O=C(CSc1nc2nn(-c3ccccc3)c(=O)c-2c2n1CCCCC2)NC1CCCCC1. The molecule has 0 spiro atoms. The lowest BCUT2D eigenvalue weighted by Crippen LogP contribution is -2.37. The number of hydrogen-bond acceptors (Lipinski definition) is 5. The van der Waals surface area contributed by atoms with Gasteiger partial charge in [-0.05, 0) is 44.2 Å². The predicted molar refractivity (Wildman–Crippen MR) is 126 cm³/mol. The first-order chi connectivity index (χ1) is 15.7. The van der Waals surface area contributed by atoms with Gasteiger partial charge in [0.1, 0.15) is 5.56 Å². The van der Waals surface area contributed by atoms with Crippen molar-refractivity contribution in [3.8, 4) is 17.1 Å². The highest BCUT2D eigenvalue weighted by atomic mass is 32.2. The molecule has 5 rings (SSSR count). The number of nitrogens with zero attached hydrogens (tertiary/aromatic N) is 4. The molecule has 8 heteroatoms. The molecule has 0 saturated heterocycles. The molecule has 3 heterocycles. The number of para-hydroxylation sites is 1. The fourth-order valence-electron chi connectivity index (χ4n) is 4.85. The summed E-state index contributed by atoms with van der Waals surface area (Å²) >= 11 is 1.46. The van der Waals surface area contributed by atoms with E-state index in [1.54, 1.807) is 0 Å². The highest BCUT2D eigenvalue weighted by Crippen LogP contribution is 2.30. The number of hydrogen-bond donors (Lipinski definition) is 1. The summed E-state index contributed by atoms with van der Waals surface area (Å²) < 4.78 is 3.61. The number of carbonyl (C=O) groups excluding carboxylic acids is 1. The van der Waals surface area contributed by atoms with Gasteiger partial charge in [-0.2, -0.15) is 4.68 Å². The van der Waals surface area contributed by atoms with Gasteiger partial charge in [-0.15, -0.1) is 5.10 Å². The number of thioether (sulfide) groups is 1. The van der Waals surface area contributed by atoms with E-state index < -0.39 is 0 Å². The zero-order chi connectivity index (χ0) is 21.9. The number of amides is 1. The molecule has 1 aromatic rings. The molecule has 4 aliphatic rings. The summed E-state index contributed by atoms with van der Waals surface area (Å²) in [4.78, 5) is 30.6. The summed E-state index contributed by atoms with van der Waals surface area (Å²) in [5.74, 6) is 0.867. The first-order valence-electron chi connectivity index (χ1n) is 11.7. The van der Waals surface area contributed by atoms with Gasteiger partial charge in [-0.3, -0.25) is 9.59 Å². The van der Waals surface area contributed by atoms with Crippen LogP contribution in [0.3, 0.4) is 0 Å². The topological polar surface area (TPSA) is 81.8 Å². The van der Waals surface area contributed by atoms with Crippen LogP contribution < -0.4 is 10.9 Å². The van der Waals surface area contributed by atoms with Crippen LogP contribution in [0.4, 0.5) is 0 Å². The van der Waals surface area contributed by atoms with Crippen molar-refractivity contribution in [3.05, 3.63) is 46.4 Å². The van der Waals surface area contributed by atoms with E-state index in [1.165, 1.54) is 35.7 Å². The Balaban J connectivity index is 1.46. The van der Waals surface area contributed by atoms with Gasteiger partial charge in [0.2, 0.25) is 5.91 Å². The van der Waals surface area contributed by atoms with Gasteiger partial charge in [0.05, 0.1) is 11.4 Å². The first kappa shape index (κ1) is 21.2. The minimum atomic E-state index is -0.115. The Labute approximate surface area is 192 Å². The van der Waals surface area contributed by atoms with Gasteiger partial charge in [-0.25, -0.2) is 4.98 Å². The third-order valence-electron chi connectivity index (χ3n) is 6.47. The second-order valence-electron chi connectivity index (χ2n) is 8.75. The van der Waals surface area contributed by atoms with E-state index in [0.717, 1.165) is 61.6 Å². The van der Waals surface area contributed by atoms with Gasteiger partial charge < -0.3 is 9.88 Å². The Bertz CT molecular complexity index is 1120. The lowest BCUT2D eigenvalue weighted by Gasteiger charge is -2.23. The molecule has 1 saturated carbocycles. The Morgan fingerprint density at radius 2 is 1.84 bits per heavy atom. The molecule has 0 atom stereocenters. The van der Waals surface area contributed by atoms with Crippen LogP contribution in [-0.2, 0) is 17.8 Å². The molecule has 1 aliphatic carbocycles. The molecule has 168 valence electrons. The number of fused-ring (bicyclic) bond motifs is 3. The van der Waals surface area contributed by atoms with Crippen LogP contribution in [0, 0.1) is 0 Å². The van der Waals surface area contributed by atoms with E-state index in [2.05, 4.69) is 15.0 Å². The first-order valence-corrected chi connectivity index (χ1v) is 12.7. The molecule has 32 heavy (non-hydrogen) atoms. The molecule has 0 bridgehead atoms. The van der Waals surface area contributed by atoms with E-state index in [1.807, 2.05) is 30.3 Å². The Morgan fingerprint density at radius 3 is 2.66 bits per heavy atom. The molecule has 1 fully saturated rings. The van der Waals surface area contributed by atoms with Crippen molar-refractivity contribution in [2.45, 2.75) is 75.5 Å². The van der Waals surface area contributed by atoms with Crippen molar-refractivity contribution in [2.24, 2.45) is 0 Å². The maximum Gasteiger partial charge on any atom is 0.284 e. The molecule has 1 amide bonds. The summed E-state index contributed by atoms with van der Waals surface area (Å²) in [5, 5.41) is 8.54. The molecule has 1 N–H and O–H groups in total. The second-order valence-corrected chi connectivity index (χ2v) is 9.69. The van der Waals surface area contributed by atoms with E-state index >= 15 is 0 Å². The molecular weight excluding hydrogens is 422 g/mol. The Kier molecular flexibility index (Phi) is 6.30. The molecule has 0 aromatic heterocycles. The Hall–Kier alpha value is -2.61. The molecule has 0 radical (unpaired) electrons. The van der Waals surface area contributed by atoms with E-state index in [9.17, 15) is 9.59 Å². The van der Waals surface area contributed by atoms with Crippen LogP contribution in [-0.4, -0.2) is 37.0 Å². The Morgan fingerprint density at radius 1 is 1.06 bits per heavy atom. The highest BCUT2D eigenvalue weighted by molar-refractivity contribution is 7.99. The summed E-state index contributed by atoms with van der Waals surface area (Å²) in [7, 11) is 0. The summed E-state index contributed by atoms with van der Waals surface area (Å²) in [6.45, 7) is 0.820. The lowest BCUT2D eigenvalue weighted by atomic mass is 9.95. The number of rotatable bonds is 5. The van der Waals surface area contributed by atoms with Crippen LogP contribution in [0.5, 0.6) is 0 Å². The average Bonchev–Trinajstić information content (AvgIpc) is 2.98. The number of carbonyl (C=O) groups is 1. The van der Waals surface area contributed by atoms with Crippen molar-refractivity contribution in [1.29, 1.82) is 0 Å². The quantitative estimate of drug-likeness (QED) is 0.471. The maximum atomic E-state index is 13.3. The smallest absolute Gasteiger partial charge is 0.284 e. The predicted octanol–water partition coefficient (Wildman–Crippen LogP) is 3.80. The van der Waals surface area contributed by atoms with Crippen LogP contribution in [0.2, 0.25) is 0 Å². The van der Waals surface area contributed by atoms with Crippen molar-refractivity contribution in [2.75, 3.05) is 5.75 Å². The number of aromatic nitrogens is 4. The third kappa shape index (κ3) is 4.33. The normalized spacial score (nSPS) is 17.1. The van der Waals surface area contributed by atoms with Crippen LogP contribution >= 0.6 is 11.8 Å². The van der Waals surface area contributed by atoms with E-state index in [4.69, 9.17) is 4.98 Å². The molecule has 3 aliphatic heterocycles. The number of benzene rings is 1. The van der Waals surface area contributed by atoms with E-state index in [-0.39, 0.29) is 11.5 Å². The molecular formula is C24H29N5O2S. The zero-order valence-electron chi connectivity index (χ0n) is 18.3. The minimum absolute atomic E-state index is 0.0612. The summed E-state index contributed by atoms with van der Waals surface area (Å²) in [6, 6.07) is 9.78. The van der Waals surface area contributed by atoms with Gasteiger partial charge in [0.15, 0.2) is 11.0 Å². The number of nitrogens with one attached hydrogen (secondary N) is 1. The van der Waals surface area contributed by atoms with Crippen molar-refractivity contribution in [1.82, 2.24) is 24.6 Å². The van der Waals surface area contributed by atoms with E-state index in [0.29, 0.717) is 23.2 Å². The summed E-state index contributed by atoms with van der Waals surface area (Å²) in [6.07, 6.45) is 9.86. The van der Waals surface area contributed by atoms with Gasteiger partial charge in [0, 0.05) is 18.3 Å². The van der Waals surface area contributed by atoms with Crippen LogP contribution in [0.15, 0.2) is 40.3 Å². The highest BCUT2D eigenvalue weighted by Gasteiger charge is 2.27. The van der Waals surface area contributed by atoms with Crippen LogP contribution in [0.1, 0.15) is 57.1 Å². The van der Waals surface area contributed by atoms with Crippen molar-refractivity contribution >= 4 is 17.7 Å². The van der Waals surface area contributed by atoms with Gasteiger partial charge in [0.25, 0.3) is 5.56 Å². The van der Waals surface area contributed by atoms with Gasteiger partial charge >= 0.3 is 0 Å². The molecule has 7 nitrogen and oxygen atoms in total. The minimum Gasteiger partial charge on any atom is -0.353 e. The van der Waals surface area contributed by atoms with Crippen LogP contribution in [0.25, 0.3) is 17.1 Å². The fourth-order valence-corrected chi connectivity index (χ4v) is 5.71. The maximum absolute atomic E-state index is 13.3. The second kappa shape index (κ2) is 9.48. The fraction of sp³-hybridized carbons (Fsp3) is 0.500. The zero-order valence-corrected chi connectivity index (χ0v) is 19.1. The summed E-state index contributed by atoms with van der Waals surface area (Å²) in [5.41, 5.74) is 2.25. The molecule has 0 unspecified atom stereocenters.